The largest absolute Gasteiger partial charge is 0.480 e. The highest BCUT2D eigenvalue weighted by atomic mass is 32.2. The van der Waals surface area contributed by atoms with E-state index in [0.29, 0.717) is 19.3 Å². The van der Waals surface area contributed by atoms with Crippen molar-refractivity contribution in [2.75, 3.05) is 19.7 Å². The first-order chi connectivity index (χ1) is 10.0. The van der Waals surface area contributed by atoms with Crippen molar-refractivity contribution in [3.8, 4) is 0 Å². The molecule has 21 heavy (non-hydrogen) atoms. The van der Waals surface area contributed by atoms with Gasteiger partial charge in [-0.25, -0.2) is 4.72 Å². The molecule has 0 bridgehead atoms. The molecule has 2 N–H and O–H groups in total. The molecule has 0 saturated carbocycles. The fourth-order valence-electron chi connectivity index (χ4n) is 2.91. The lowest BCUT2D eigenvalue weighted by molar-refractivity contribution is -0.142. The zero-order valence-corrected chi connectivity index (χ0v) is 13.0. The van der Waals surface area contributed by atoms with Gasteiger partial charge in [0.25, 0.3) is 10.2 Å². The SMILES string of the molecule is O=C(O)C1CCCCN1S(=O)(=O)NCCC1CCCCO1. The molecule has 2 aliphatic heterocycles. The van der Waals surface area contributed by atoms with Gasteiger partial charge in [-0.05, 0) is 44.9 Å². The number of aliphatic carboxylic acids is 1. The van der Waals surface area contributed by atoms with E-state index in [1.54, 1.807) is 0 Å². The van der Waals surface area contributed by atoms with Crippen LogP contribution < -0.4 is 4.72 Å². The van der Waals surface area contributed by atoms with E-state index in [2.05, 4.69) is 4.72 Å². The zero-order valence-electron chi connectivity index (χ0n) is 12.2. The predicted molar refractivity (Wildman–Crippen MR) is 77.1 cm³/mol. The molecule has 0 amide bonds. The van der Waals surface area contributed by atoms with Crippen LogP contribution in [0.1, 0.15) is 44.9 Å². The van der Waals surface area contributed by atoms with E-state index in [-0.39, 0.29) is 19.2 Å². The van der Waals surface area contributed by atoms with Crippen molar-refractivity contribution in [1.29, 1.82) is 0 Å². The van der Waals surface area contributed by atoms with Crippen molar-refractivity contribution < 1.29 is 23.1 Å². The molecule has 8 heteroatoms. The van der Waals surface area contributed by atoms with E-state index in [1.165, 1.54) is 0 Å². The van der Waals surface area contributed by atoms with Gasteiger partial charge in [0.15, 0.2) is 0 Å². The van der Waals surface area contributed by atoms with Gasteiger partial charge in [-0.3, -0.25) is 4.79 Å². The van der Waals surface area contributed by atoms with Crippen molar-refractivity contribution in [1.82, 2.24) is 9.03 Å². The standard InChI is InChI=1S/C13H24N2O5S/c16-13(17)12-6-1-3-9-15(12)21(18,19)14-8-7-11-5-2-4-10-20-11/h11-12,14H,1-10H2,(H,16,17). The number of carboxylic acid groups (broad SMARTS) is 1. The van der Waals surface area contributed by atoms with Gasteiger partial charge in [0.1, 0.15) is 6.04 Å². The molecular weight excluding hydrogens is 296 g/mol. The molecule has 122 valence electrons. The van der Waals surface area contributed by atoms with Crippen molar-refractivity contribution in [2.45, 2.75) is 57.1 Å². The van der Waals surface area contributed by atoms with Crippen LogP contribution in [0.5, 0.6) is 0 Å². The summed E-state index contributed by atoms with van der Waals surface area (Å²) in [5, 5.41) is 9.15. The number of piperidine rings is 1. The average molecular weight is 320 g/mol. The quantitative estimate of drug-likeness (QED) is 0.752. The van der Waals surface area contributed by atoms with Gasteiger partial charge in [-0.15, -0.1) is 0 Å². The first kappa shape index (κ1) is 16.7. The molecular formula is C13H24N2O5S. The van der Waals surface area contributed by atoms with Crippen LogP contribution in [0, 0.1) is 0 Å². The van der Waals surface area contributed by atoms with Crippen molar-refractivity contribution in [3.05, 3.63) is 0 Å². The van der Waals surface area contributed by atoms with Crippen LogP contribution in [0.15, 0.2) is 0 Å². The van der Waals surface area contributed by atoms with Crippen LogP contribution in [0.25, 0.3) is 0 Å². The van der Waals surface area contributed by atoms with Crippen LogP contribution in [-0.2, 0) is 19.7 Å². The molecule has 0 aromatic carbocycles. The molecule has 0 aromatic rings. The number of rotatable bonds is 6. The molecule has 2 heterocycles. The third kappa shape index (κ3) is 4.64. The molecule has 0 spiro atoms. The minimum atomic E-state index is -3.73. The number of carboxylic acids is 1. The lowest BCUT2D eigenvalue weighted by atomic mass is 10.1. The Morgan fingerprint density at radius 2 is 2.00 bits per heavy atom. The van der Waals surface area contributed by atoms with Crippen LogP contribution in [-0.4, -0.2) is 55.6 Å². The Morgan fingerprint density at radius 3 is 2.67 bits per heavy atom. The highest BCUT2D eigenvalue weighted by molar-refractivity contribution is 7.87. The lowest BCUT2D eigenvalue weighted by Crippen LogP contribution is -2.52. The second-order valence-corrected chi connectivity index (χ2v) is 7.34. The predicted octanol–water partition coefficient (Wildman–Crippen LogP) is 0.719. The molecule has 2 aliphatic rings. The van der Waals surface area contributed by atoms with Crippen molar-refractivity contribution >= 4 is 16.2 Å². The number of hydrogen-bond donors (Lipinski definition) is 2. The highest BCUT2D eigenvalue weighted by Crippen LogP contribution is 2.20. The Balaban J connectivity index is 1.86. The van der Waals surface area contributed by atoms with Gasteiger partial charge in [0.05, 0.1) is 6.10 Å². The van der Waals surface area contributed by atoms with E-state index >= 15 is 0 Å². The number of nitrogens with zero attached hydrogens (tertiary/aromatic N) is 1. The highest BCUT2D eigenvalue weighted by Gasteiger charge is 2.36. The van der Waals surface area contributed by atoms with E-state index in [1.807, 2.05) is 0 Å². The van der Waals surface area contributed by atoms with E-state index in [4.69, 9.17) is 9.84 Å². The minimum Gasteiger partial charge on any atom is -0.480 e. The fourth-order valence-corrected chi connectivity index (χ4v) is 4.35. The minimum absolute atomic E-state index is 0.109. The average Bonchev–Trinajstić information content (AvgIpc) is 2.48. The number of ether oxygens (including phenoxy) is 1. The molecule has 2 fully saturated rings. The molecule has 2 saturated heterocycles. The van der Waals surface area contributed by atoms with Crippen LogP contribution >= 0.6 is 0 Å². The number of hydrogen-bond acceptors (Lipinski definition) is 4. The molecule has 7 nitrogen and oxygen atoms in total. The third-order valence-corrected chi connectivity index (χ3v) is 5.70. The molecule has 2 unspecified atom stereocenters. The Kier molecular flexibility index (Phi) is 5.98. The lowest BCUT2D eigenvalue weighted by Gasteiger charge is -2.32. The summed E-state index contributed by atoms with van der Waals surface area (Å²) in [7, 11) is -3.73. The molecule has 2 atom stereocenters. The Morgan fingerprint density at radius 1 is 1.24 bits per heavy atom. The Hall–Kier alpha value is -0.700. The normalized spacial score (nSPS) is 28.4. The summed E-state index contributed by atoms with van der Waals surface area (Å²) in [5.41, 5.74) is 0. The summed E-state index contributed by atoms with van der Waals surface area (Å²) >= 11 is 0. The molecule has 2 rings (SSSR count). The van der Waals surface area contributed by atoms with Crippen molar-refractivity contribution in [3.63, 3.8) is 0 Å². The fraction of sp³-hybridized carbons (Fsp3) is 0.923. The maximum absolute atomic E-state index is 12.3. The maximum atomic E-state index is 12.3. The van der Waals surface area contributed by atoms with Gasteiger partial charge >= 0.3 is 5.97 Å². The van der Waals surface area contributed by atoms with Gasteiger partial charge in [0, 0.05) is 19.7 Å². The molecule has 0 aliphatic carbocycles. The Labute approximate surface area is 125 Å². The van der Waals surface area contributed by atoms with E-state index in [9.17, 15) is 13.2 Å². The van der Waals surface area contributed by atoms with Crippen LogP contribution in [0.2, 0.25) is 0 Å². The monoisotopic (exact) mass is 320 g/mol. The van der Waals surface area contributed by atoms with Crippen LogP contribution in [0.4, 0.5) is 0 Å². The van der Waals surface area contributed by atoms with Gasteiger partial charge in [-0.1, -0.05) is 0 Å². The van der Waals surface area contributed by atoms with Crippen LogP contribution in [0.3, 0.4) is 0 Å². The second-order valence-electron chi connectivity index (χ2n) is 5.64. The first-order valence-electron chi connectivity index (χ1n) is 7.61. The Bertz CT molecular complexity index is 447. The number of carbonyl (C=O) groups is 1. The summed E-state index contributed by atoms with van der Waals surface area (Å²) in [6.45, 7) is 1.30. The summed E-state index contributed by atoms with van der Waals surface area (Å²) in [4.78, 5) is 11.2. The smallest absolute Gasteiger partial charge is 0.322 e. The molecule has 0 aromatic heterocycles. The summed E-state index contributed by atoms with van der Waals surface area (Å²) in [6.07, 6.45) is 5.71. The third-order valence-electron chi connectivity index (χ3n) is 4.07. The zero-order chi connectivity index (χ0) is 15.3. The second kappa shape index (κ2) is 7.53. The first-order valence-corrected chi connectivity index (χ1v) is 9.05. The summed E-state index contributed by atoms with van der Waals surface area (Å²) < 4.78 is 33.7. The van der Waals surface area contributed by atoms with Gasteiger partial charge < -0.3 is 9.84 Å². The maximum Gasteiger partial charge on any atom is 0.322 e. The van der Waals surface area contributed by atoms with Gasteiger partial charge in [-0.2, -0.15) is 12.7 Å². The van der Waals surface area contributed by atoms with Crippen molar-refractivity contribution in [2.24, 2.45) is 0 Å². The summed E-state index contributed by atoms with van der Waals surface area (Å²) in [5.74, 6) is -1.07. The van der Waals surface area contributed by atoms with Gasteiger partial charge in [0.2, 0.25) is 0 Å². The van der Waals surface area contributed by atoms with E-state index < -0.39 is 22.2 Å². The van der Waals surface area contributed by atoms with E-state index in [0.717, 1.165) is 36.6 Å². The summed E-state index contributed by atoms with van der Waals surface area (Å²) in [6, 6.07) is -0.942. The topological polar surface area (TPSA) is 95.9 Å². The number of nitrogens with one attached hydrogen (secondary N) is 1. The molecule has 0 radical (unpaired) electrons.